The molecular formula is C16H13F2IN6O4. The number of aromatic nitrogens is 2. The van der Waals surface area contributed by atoms with E-state index in [0.717, 1.165) is 12.3 Å². The zero-order chi connectivity index (χ0) is 21.2. The molecule has 0 bridgehead atoms. The number of aliphatic hydroxyl groups excluding tert-OH is 1. The number of halogens is 3. The fourth-order valence-electron chi connectivity index (χ4n) is 2.74. The molecule has 1 fully saturated rings. The van der Waals surface area contributed by atoms with Crippen LogP contribution in [-0.2, 0) is 4.74 Å². The van der Waals surface area contributed by atoms with Gasteiger partial charge >= 0.3 is 11.6 Å². The number of hydrogen-bond acceptors (Lipinski definition) is 6. The van der Waals surface area contributed by atoms with Crippen molar-refractivity contribution in [3.63, 3.8) is 0 Å². The Bertz CT molecular complexity index is 1030. The Morgan fingerprint density at radius 2 is 2.10 bits per heavy atom. The molecule has 2 N–H and O–H groups in total. The number of nitrogens with zero attached hydrogens (tertiary/aromatic N) is 5. The molecule has 0 unspecified atom stereocenters. The first-order valence-corrected chi connectivity index (χ1v) is 9.59. The van der Waals surface area contributed by atoms with Gasteiger partial charge in [-0.25, -0.2) is 4.79 Å². The minimum Gasteiger partial charge on any atom is -0.383 e. The number of azide groups is 1. The Labute approximate surface area is 175 Å². The maximum atomic E-state index is 14.6. The molecule has 1 aliphatic rings. The molecule has 10 nitrogen and oxygen atoms in total. The van der Waals surface area contributed by atoms with Crippen molar-refractivity contribution in [3.05, 3.63) is 69.1 Å². The van der Waals surface area contributed by atoms with Crippen LogP contribution >= 0.6 is 22.6 Å². The van der Waals surface area contributed by atoms with Crippen molar-refractivity contribution in [2.75, 3.05) is 9.74 Å². The van der Waals surface area contributed by atoms with E-state index in [4.69, 9.17) is 10.3 Å². The van der Waals surface area contributed by atoms with Gasteiger partial charge in [0.15, 0.2) is 11.8 Å². The second kappa shape index (κ2) is 8.02. The molecule has 1 aromatic carbocycles. The standard InChI is InChI=1S/C16H13F2IN6O4/c17-16(18)12(27)15(8-19,23-24-20)29-13(16)25-7-6-10(22-14(25)28)21-11(26)9-4-2-1-3-5-9/h1-7,12-13,27H,8H2,(H,21,22,26,28)/t12-,13-,15-/m1/s1. The summed E-state index contributed by atoms with van der Waals surface area (Å²) in [5.74, 6) is -4.64. The molecule has 29 heavy (non-hydrogen) atoms. The van der Waals surface area contributed by atoms with Crippen molar-refractivity contribution in [2.45, 2.75) is 24.0 Å². The second-order valence-electron chi connectivity index (χ2n) is 6.04. The van der Waals surface area contributed by atoms with E-state index < -0.39 is 35.6 Å². The largest absolute Gasteiger partial charge is 0.383 e. The number of benzene rings is 1. The number of ether oxygens (including phenoxy) is 1. The molecule has 3 atom stereocenters. The number of aliphatic hydroxyl groups is 1. The summed E-state index contributed by atoms with van der Waals surface area (Å²) in [6.07, 6.45) is -3.78. The molecule has 152 valence electrons. The van der Waals surface area contributed by atoms with Gasteiger partial charge in [0.1, 0.15) is 5.82 Å². The number of anilines is 1. The number of carbonyl (C=O) groups excluding carboxylic acids is 1. The van der Waals surface area contributed by atoms with E-state index >= 15 is 0 Å². The van der Waals surface area contributed by atoms with E-state index in [1.807, 2.05) is 0 Å². The van der Waals surface area contributed by atoms with E-state index in [1.54, 1.807) is 52.9 Å². The van der Waals surface area contributed by atoms with E-state index in [1.165, 1.54) is 0 Å². The topological polar surface area (TPSA) is 142 Å². The number of alkyl halides is 3. The maximum Gasteiger partial charge on any atom is 0.351 e. The first kappa shape index (κ1) is 21.1. The summed E-state index contributed by atoms with van der Waals surface area (Å²) in [6.45, 7) is 0. The predicted octanol–water partition coefficient (Wildman–Crippen LogP) is 2.46. The van der Waals surface area contributed by atoms with Crippen LogP contribution in [0.25, 0.3) is 10.4 Å². The molecule has 1 amide bonds. The SMILES string of the molecule is [N-]=[N+]=N[C@]1(CI)O[C@@H](n2ccc(NC(=O)c3ccccc3)nc2=O)C(F)(F)[C@@H]1O. The molecule has 2 aromatic rings. The van der Waals surface area contributed by atoms with Crippen molar-refractivity contribution in [2.24, 2.45) is 5.11 Å². The van der Waals surface area contributed by atoms with Crippen molar-refractivity contribution in [1.82, 2.24) is 9.55 Å². The average Bonchev–Trinajstić information content (AvgIpc) is 2.90. The number of rotatable bonds is 5. The molecule has 3 rings (SSSR count). The highest BCUT2D eigenvalue weighted by atomic mass is 127. The van der Waals surface area contributed by atoms with Gasteiger partial charge in [-0.3, -0.25) is 9.36 Å². The van der Waals surface area contributed by atoms with Crippen molar-refractivity contribution in [1.29, 1.82) is 0 Å². The number of hydrogen-bond donors (Lipinski definition) is 2. The monoisotopic (exact) mass is 518 g/mol. The molecule has 0 radical (unpaired) electrons. The fraction of sp³-hybridized carbons (Fsp3) is 0.312. The van der Waals surface area contributed by atoms with Gasteiger partial charge in [0, 0.05) is 21.1 Å². The van der Waals surface area contributed by atoms with Crippen LogP contribution in [0.3, 0.4) is 0 Å². The van der Waals surface area contributed by atoms with Crippen LogP contribution in [0.4, 0.5) is 14.6 Å². The lowest BCUT2D eigenvalue weighted by molar-refractivity contribution is -0.141. The second-order valence-corrected chi connectivity index (χ2v) is 6.80. The Kier molecular flexibility index (Phi) is 5.84. The van der Waals surface area contributed by atoms with Gasteiger partial charge in [-0.1, -0.05) is 45.9 Å². The molecule has 0 spiro atoms. The van der Waals surface area contributed by atoms with Crippen LogP contribution < -0.4 is 11.0 Å². The lowest BCUT2D eigenvalue weighted by Gasteiger charge is -2.23. The molecule has 2 heterocycles. The summed E-state index contributed by atoms with van der Waals surface area (Å²) in [5.41, 5.74) is 5.55. The number of amides is 1. The van der Waals surface area contributed by atoms with Gasteiger partial charge in [-0.15, -0.1) is 0 Å². The van der Waals surface area contributed by atoms with Crippen molar-refractivity contribution >= 4 is 34.3 Å². The number of carbonyl (C=O) groups is 1. The highest BCUT2D eigenvalue weighted by Gasteiger charge is 2.66. The smallest absolute Gasteiger partial charge is 0.351 e. The van der Waals surface area contributed by atoms with E-state index in [0.29, 0.717) is 10.1 Å². The van der Waals surface area contributed by atoms with Gasteiger partial charge in [0.2, 0.25) is 6.23 Å². The number of nitrogens with one attached hydrogen (secondary N) is 1. The third-order valence-electron chi connectivity index (χ3n) is 4.20. The van der Waals surface area contributed by atoms with Crippen LogP contribution in [0.2, 0.25) is 0 Å². The zero-order valence-electron chi connectivity index (χ0n) is 14.4. The van der Waals surface area contributed by atoms with E-state index in [-0.39, 0.29) is 10.2 Å². The minimum absolute atomic E-state index is 0.155. The summed E-state index contributed by atoms with van der Waals surface area (Å²) in [7, 11) is 0. The first-order chi connectivity index (χ1) is 13.7. The Morgan fingerprint density at radius 3 is 2.69 bits per heavy atom. The summed E-state index contributed by atoms with van der Waals surface area (Å²) in [6, 6.07) is 9.24. The van der Waals surface area contributed by atoms with Crippen LogP contribution in [-0.4, -0.2) is 42.7 Å². The quantitative estimate of drug-likeness (QED) is 0.206. The van der Waals surface area contributed by atoms with Crippen LogP contribution in [0.15, 0.2) is 52.5 Å². The van der Waals surface area contributed by atoms with Crippen LogP contribution in [0, 0.1) is 0 Å². The molecule has 1 saturated heterocycles. The summed E-state index contributed by atoms with van der Waals surface area (Å²) in [5, 5.41) is 15.5. The molecule has 13 heteroatoms. The highest BCUT2D eigenvalue weighted by molar-refractivity contribution is 14.1. The lowest BCUT2D eigenvalue weighted by Crippen LogP contribution is -2.46. The zero-order valence-corrected chi connectivity index (χ0v) is 16.6. The normalized spacial score (nSPS) is 25.2. The predicted molar refractivity (Wildman–Crippen MR) is 105 cm³/mol. The van der Waals surface area contributed by atoms with Gasteiger partial charge in [-0.2, -0.15) is 13.8 Å². The van der Waals surface area contributed by atoms with Crippen molar-refractivity contribution in [3.8, 4) is 0 Å². The third-order valence-corrected chi connectivity index (χ3v) is 5.30. The Balaban J connectivity index is 1.89. The summed E-state index contributed by atoms with van der Waals surface area (Å²) >= 11 is 1.63. The first-order valence-electron chi connectivity index (χ1n) is 8.06. The lowest BCUT2D eigenvalue weighted by atomic mass is 10.1. The Morgan fingerprint density at radius 1 is 1.41 bits per heavy atom. The molecule has 1 aliphatic heterocycles. The van der Waals surface area contributed by atoms with E-state index in [2.05, 4.69) is 20.3 Å². The van der Waals surface area contributed by atoms with Gasteiger partial charge in [0.05, 0.1) is 0 Å². The minimum atomic E-state index is -3.94. The fourth-order valence-corrected chi connectivity index (χ4v) is 3.49. The van der Waals surface area contributed by atoms with Crippen LogP contribution in [0.1, 0.15) is 16.6 Å². The Hall–Kier alpha value is -2.61. The van der Waals surface area contributed by atoms with Gasteiger partial charge in [-0.05, 0) is 23.7 Å². The molecule has 0 saturated carbocycles. The molecule has 1 aromatic heterocycles. The average molecular weight is 518 g/mol. The molecule has 0 aliphatic carbocycles. The maximum absolute atomic E-state index is 14.6. The summed E-state index contributed by atoms with van der Waals surface area (Å²) < 4.78 is 34.5. The molecular weight excluding hydrogens is 505 g/mol. The third kappa shape index (κ3) is 3.81. The van der Waals surface area contributed by atoms with Crippen molar-refractivity contribution < 1.29 is 23.4 Å². The van der Waals surface area contributed by atoms with Crippen LogP contribution in [0.5, 0.6) is 0 Å². The highest BCUT2D eigenvalue weighted by Crippen LogP contribution is 2.49. The summed E-state index contributed by atoms with van der Waals surface area (Å²) in [4.78, 5) is 30.4. The van der Waals surface area contributed by atoms with Gasteiger partial charge < -0.3 is 15.2 Å². The van der Waals surface area contributed by atoms with Gasteiger partial charge in [0.25, 0.3) is 5.91 Å². The van der Waals surface area contributed by atoms with E-state index in [9.17, 15) is 23.5 Å².